The fraction of sp³-hybridized carbons (Fsp3) is 0.500. The largest absolute Gasteiger partial charge is 0.384 e. The first-order chi connectivity index (χ1) is 8.66. The molecule has 0 aromatic carbocycles. The second-order valence-electron chi connectivity index (χ2n) is 4.35. The first-order valence-electron chi connectivity index (χ1n) is 5.94. The summed E-state index contributed by atoms with van der Waals surface area (Å²) in [5.74, 6) is 0.720. The lowest BCUT2D eigenvalue weighted by atomic mass is 10.0. The third-order valence-corrected chi connectivity index (χ3v) is 3.65. The van der Waals surface area contributed by atoms with Gasteiger partial charge < -0.3 is 15.8 Å². The molecular weight excluding hydrogens is 298 g/mol. The van der Waals surface area contributed by atoms with E-state index < -0.39 is 0 Å². The third kappa shape index (κ3) is 3.43. The molecule has 2 heterocycles. The van der Waals surface area contributed by atoms with E-state index in [1.807, 2.05) is 0 Å². The number of rotatable bonds is 3. The van der Waals surface area contributed by atoms with Crippen LogP contribution in [0.1, 0.15) is 23.2 Å². The molecule has 1 aromatic rings. The van der Waals surface area contributed by atoms with Crippen LogP contribution in [0.5, 0.6) is 0 Å². The predicted molar refractivity (Wildman–Crippen MR) is 72.2 cm³/mol. The van der Waals surface area contributed by atoms with Crippen LogP contribution in [0.15, 0.2) is 16.7 Å². The van der Waals surface area contributed by atoms with E-state index in [0.29, 0.717) is 28.3 Å². The maximum Gasteiger partial charge on any atom is 0.252 e. The monoisotopic (exact) mass is 313 g/mol. The minimum atomic E-state index is -0.123. The summed E-state index contributed by atoms with van der Waals surface area (Å²) in [6.07, 6.45) is 3.54. The van der Waals surface area contributed by atoms with Crippen LogP contribution in [0.25, 0.3) is 0 Å². The molecule has 0 atom stereocenters. The van der Waals surface area contributed by atoms with E-state index in [-0.39, 0.29) is 5.91 Å². The molecule has 6 heteroatoms. The van der Waals surface area contributed by atoms with Gasteiger partial charge in [-0.1, -0.05) is 0 Å². The van der Waals surface area contributed by atoms with Crippen LogP contribution in [0.4, 0.5) is 5.82 Å². The van der Waals surface area contributed by atoms with Crippen molar-refractivity contribution in [2.24, 2.45) is 5.92 Å². The van der Waals surface area contributed by atoms with Gasteiger partial charge in [0.05, 0.1) is 5.56 Å². The van der Waals surface area contributed by atoms with Gasteiger partial charge in [0.15, 0.2) is 0 Å². The zero-order chi connectivity index (χ0) is 13.0. The molecule has 1 amide bonds. The summed E-state index contributed by atoms with van der Waals surface area (Å²) in [5, 5.41) is 2.93. The maximum absolute atomic E-state index is 12.0. The Morgan fingerprint density at radius 2 is 2.28 bits per heavy atom. The predicted octanol–water partition coefficient (Wildman–Crippen LogP) is 1.58. The lowest BCUT2D eigenvalue weighted by molar-refractivity contribution is 0.0642. The van der Waals surface area contributed by atoms with Gasteiger partial charge in [-0.2, -0.15) is 0 Å². The third-order valence-electron chi connectivity index (χ3n) is 3.01. The van der Waals surface area contributed by atoms with Crippen LogP contribution >= 0.6 is 15.9 Å². The van der Waals surface area contributed by atoms with Crippen molar-refractivity contribution < 1.29 is 9.53 Å². The molecule has 3 N–H and O–H groups in total. The minimum Gasteiger partial charge on any atom is -0.384 e. The average Bonchev–Trinajstić information content (AvgIpc) is 2.40. The number of nitrogens with two attached hydrogens (primary N) is 1. The molecule has 0 bridgehead atoms. The quantitative estimate of drug-likeness (QED) is 0.888. The van der Waals surface area contributed by atoms with Gasteiger partial charge in [0.1, 0.15) is 5.82 Å². The van der Waals surface area contributed by atoms with Crippen molar-refractivity contribution >= 4 is 27.7 Å². The van der Waals surface area contributed by atoms with E-state index in [1.54, 1.807) is 12.3 Å². The van der Waals surface area contributed by atoms with Crippen molar-refractivity contribution in [3.8, 4) is 0 Å². The summed E-state index contributed by atoms with van der Waals surface area (Å²) in [6.45, 7) is 2.25. The number of carbonyl (C=O) groups is 1. The number of anilines is 1. The van der Waals surface area contributed by atoms with Gasteiger partial charge in [0, 0.05) is 30.4 Å². The first-order valence-corrected chi connectivity index (χ1v) is 6.73. The van der Waals surface area contributed by atoms with E-state index >= 15 is 0 Å². The van der Waals surface area contributed by atoms with Crippen molar-refractivity contribution in [1.82, 2.24) is 10.3 Å². The number of halogens is 1. The number of carbonyl (C=O) groups excluding carboxylic acids is 1. The molecule has 1 aromatic heterocycles. The number of pyridine rings is 1. The van der Waals surface area contributed by atoms with Crippen molar-refractivity contribution in [3.05, 3.63) is 22.3 Å². The van der Waals surface area contributed by atoms with Gasteiger partial charge in [-0.25, -0.2) is 4.98 Å². The number of nitrogens with one attached hydrogen (secondary N) is 1. The van der Waals surface area contributed by atoms with Gasteiger partial charge in [0.25, 0.3) is 5.91 Å². The molecule has 1 saturated heterocycles. The molecule has 0 spiro atoms. The molecule has 5 nitrogen and oxygen atoms in total. The molecule has 18 heavy (non-hydrogen) atoms. The Kier molecular flexibility index (Phi) is 4.54. The summed E-state index contributed by atoms with van der Waals surface area (Å²) in [5.41, 5.74) is 6.10. The van der Waals surface area contributed by atoms with Crippen molar-refractivity contribution in [1.29, 1.82) is 0 Å². The topological polar surface area (TPSA) is 77.2 Å². The number of amides is 1. The molecule has 98 valence electrons. The van der Waals surface area contributed by atoms with E-state index in [1.165, 1.54) is 0 Å². The highest BCUT2D eigenvalue weighted by molar-refractivity contribution is 9.10. The Morgan fingerprint density at radius 3 is 3.00 bits per heavy atom. The number of nitrogen functional groups attached to an aromatic ring is 1. The standard InChI is InChI=1S/C12H16BrN3O2/c13-10-7-15-11(14)5-9(10)12(17)16-6-8-1-3-18-4-2-8/h5,7-8H,1-4,6H2,(H2,14,15)(H,16,17). The zero-order valence-corrected chi connectivity index (χ0v) is 11.6. The highest BCUT2D eigenvalue weighted by Crippen LogP contribution is 2.18. The number of ether oxygens (including phenoxy) is 1. The Hall–Kier alpha value is -1.14. The number of nitrogens with zero attached hydrogens (tertiary/aromatic N) is 1. The van der Waals surface area contributed by atoms with Gasteiger partial charge in [-0.05, 0) is 40.8 Å². The lowest BCUT2D eigenvalue weighted by Gasteiger charge is -2.22. The average molecular weight is 314 g/mol. The van der Waals surface area contributed by atoms with Crippen LogP contribution in [0, 0.1) is 5.92 Å². The van der Waals surface area contributed by atoms with E-state index in [4.69, 9.17) is 10.5 Å². The summed E-state index contributed by atoms with van der Waals surface area (Å²) >= 11 is 3.30. The minimum absolute atomic E-state index is 0.123. The van der Waals surface area contributed by atoms with Crippen LogP contribution < -0.4 is 11.1 Å². The van der Waals surface area contributed by atoms with E-state index in [2.05, 4.69) is 26.2 Å². The summed E-state index contributed by atoms with van der Waals surface area (Å²) < 4.78 is 5.93. The van der Waals surface area contributed by atoms with Crippen molar-refractivity contribution in [3.63, 3.8) is 0 Å². The Labute approximate surface area is 114 Å². The first kappa shape index (κ1) is 13.3. The highest BCUT2D eigenvalue weighted by atomic mass is 79.9. The number of hydrogen-bond donors (Lipinski definition) is 2. The van der Waals surface area contributed by atoms with E-state index in [9.17, 15) is 4.79 Å². The molecule has 1 aliphatic rings. The zero-order valence-electron chi connectivity index (χ0n) is 9.99. The maximum atomic E-state index is 12.0. The van der Waals surface area contributed by atoms with Crippen LogP contribution in [-0.4, -0.2) is 30.6 Å². The summed E-state index contributed by atoms with van der Waals surface area (Å²) in [7, 11) is 0. The van der Waals surface area contributed by atoms with Gasteiger partial charge in [-0.3, -0.25) is 4.79 Å². The Bertz CT molecular complexity index is 433. The van der Waals surface area contributed by atoms with E-state index in [0.717, 1.165) is 26.1 Å². The van der Waals surface area contributed by atoms with Gasteiger partial charge in [-0.15, -0.1) is 0 Å². The highest BCUT2D eigenvalue weighted by Gasteiger charge is 2.16. The van der Waals surface area contributed by atoms with Crippen molar-refractivity contribution in [2.75, 3.05) is 25.5 Å². The Morgan fingerprint density at radius 1 is 1.56 bits per heavy atom. The van der Waals surface area contributed by atoms with Crippen LogP contribution in [-0.2, 0) is 4.74 Å². The molecule has 1 aliphatic heterocycles. The summed E-state index contributed by atoms with van der Waals surface area (Å²) in [6, 6.07) is 1.57. The van der Waals surface area contributed by atoms with Gasteiger partial charge in [0.2, 0.25) is 0 Å². The second kappa shape index (κ2) is 6.15. The number of aromatic nitrogens is 1. The lowest BCUT2D eigenvalue weighted by Crippen LogP contribution is -2.32. The SMILES string of the molecule is Nc1cc(C(=O)NCC2CCOCC2)c(Br)cn1. The van der Waals surface area contributed by atoms with Gasteiger partial charge >= 0.3 is 0 Å². The fourth-order valence-electron chi connectivity index (χ4n) is 1.91. The fourth-order valence-corrected chi connectivity index (χ4v) is 2.31. The smallest absolute Gasteiger partial charge is 0.252 e. The van der Waals surface area contributed by atoms with Crippen LogP contribution in [0.2, 0.25) is 0 Å². The molecule has 0 aliphatic carbocycles. The molecule has 0 saturated carbocycles. The van der Waals surface area contributed by atoms with Crippen LogP contribution in [0.3, 0.4) is 0 Å². The molecule has 1 fully saturated rings. The van der Waals surface area contributed by atoms with Crippen molar-refractivity contribution in [2.45, 2.75) is 12.8 Å². The number of hydrogen-bond acceptors (Lipinski definition) is 4. The normalized spacial score (nSPS) is 16.5. The molecule has 0 radical (unpaired) electrons. The molecule has 0 unspecified atom stereocenters. The molecular formula is C12H16BrN3O2. The second-order valence-corrected chi connectivity index (χ2v) is 5.21. The summed E-state index contributed by atoms with van der Waals surface area (Å²) in [4.78, 5) is 15.9. The Balaban J connectivity index is 1.92. The molecule has 2 rings (SSSR count).